The number of hydrogen-bond donors (Lipinski definition) is 0. The first-order valence-electron chi connectivity index (χ1n) is 6.99. The van der Waals surface area contributed by atoms with Gasteiger partial charge in [0.05, 0.1) is 7.11 Å². The lowest BCUT2D eigenvalue weighted by atomic mass is 9.83. The summed E-state index contributed by atoms with van der Waals surface area (Å²) in [5.41, 5.74) is 1.89. The van der Waals surface area contributed by atoms with Crippen LogP contribution in [0, 0.1) is 0 Å². The van der Waals surface area contributed by atoms with E-state index < -0.39 is 0 Å². The van der Waals surface area contributed by atoms with Gasteiger partial charge in [-0.3, -0.25) is 9.59 Å². The summed E-state index contributed by atoms with van der Waals surface area (Å²) in [6.07, 6.45) is 0. The quantitative estimate of drug-likeness (QED) is 0.537. The number of hydrogen-bond acceptors (Lipinski definition) is 3. The summed E-state index contributed by atoms with van der Waals surface area (Å²) in [5.74, 6) is 0.528. The maximum Gasteiger partial charge on any atom is 0.194 e. The van der Waals surface area contributed by atoms with Crippen LogP contribution in [0.2, 0.25) is 0 Å². The molecule has 1 aliphatic carbocycles. The molecule has 0 aliphatic heterocycles. The zero-order chi connectivity index (χ0) is 15.3. The van der Waals surface area contributed by atoms with Gasteiger partial charge in [-0.15, -0.1) is 0 Å². The topological polar surface area (TPSA) is 43.4 Å². The highest BCUT2D eigenvalue weighted by Gasteiger charge is 2.29. The first-order chi connectivity index (χ1) is 10.7. The van der Waals surface area contributed by atoms with Crippen molar-refractivity contribution in [2.45, 2.75) is 0 Å². The van der Waals surface area contributed by atoms with Gasteiger partial charge < -0.3 is 4.74 Å². The summed E-state index contributed by atoms with van der Waals surface area (Å²) >= 11 is 0. The zero-order valence-corrected chi connectivity index (χ0v) is 11.9. The third-order valence-electron chi connectivity index (χ3n) is 4.09. The largest absolute Gasteiger partial charge is 0.497 e. The van der Waals surface area contributed by atoms with Crippen LogP contribution in [0.25, 0.3) is 10.8 Å². The Bertz CT molecular complexity index is 954. The summed E-state index contributed by atoms with van der Waals surface area (Å²) < 4.78 is 5.22. The second-order valence-electron chi connectivity index (χ2n) is 5.31. The van der Waals surface area contributed by atoms with Gasteiger partial charge in [-0.1, -0.05) is 30.3 Å². The highest BCUT2D eigenvalue weighted by Crippen LogP contribution is 2.31. The fraction of sp³-hybridized carbons (Fsp3) is 0.0526. The molecule has 0 heterocycles. The number of benzene rings is 3. The summed E-state index contributed by atoms with van der Waals surface area (Å²) in [6.45, 7) is 0. The third-order valence-corrected chi connectivity index (χ3v) is 4.09. The highest BCUT2D eigenvalue weighted by atomic mass is 16.5. The standard InChI is InChI=1S/C19H12O3/c1-22-13-7-6-11-9-16-17(10-12(11)8-13)19(21)15-5-3-2-4-14(15)18(16)20/h2-10H,1H3. The molecule has 0 amide bonds. The van der Waals surface area contributed by atoms with E-state index in [-0.39, 0.29) is 11.6 Å². The van der Waals surface area contributed by atoms with Crippen molar-refractivity contribution < 1.29 is 14.3 Å². The molecule has 0 atom stereocenters. The van der Waals surface area contributed by atoms with Crippen molar-refractivity contribution >= 4 is 22.3 Å². The molecule has 0 aromatic heterocycles. The smallest absolute Gasteiger partial charge is 0.194 e. The Balaban J connectivity index is 2.01. The van der Waals surface area contributed by atoms with E-state index in [4.69, 9.17) is 4.74 Å². The Morgan fingerprint density at radius 1 is 0.682 bits per heavy atom. The van der Waals surface area contributed by atoms with Crippen molar-refractivity contribution in [2.24, 2.45) is 0 Å². The minimum Gasteiger partial charge on any atom is -0.497 e. The summed E-state index contributed by atoms with van der Waals surface area (Å²) in [7, 11) is 1.60. The van der Waals surface area contributed by atoms with Crippen LogP contribution in [0.1, 0.15) is 31.8 Å². The van der Waals surface area contributed by atoms with Crippen LogP contribution in [0.3, 0.4) is 0 Å². The Kier molecular flexibility index (Phi) is 2.63. The van der Waals surface area contributed by atoms with Crippen LogP contribution in [-0.4, -0.2) is 18.7 Å². The van der Waals surface area contributed by atoms with E-state index in [0.29, 0.717) is 22.3 Å². The highest BCUT2D eigenvalue weighted by molar-refractivity contribution is 6.29. The van der Waals surface area contributed by atoms with Gasteiger partial charge in [-0.25, -0.2) is 0 Å². The van der Waals surface area contributed by atoms with Gasteiger partial charge >= 0.3 is 0 Å². The van der Waals surface area contributed by atoms with E-state index in [1.165, 1.54) is 0 Å². The van der Waals surface area contributed by atoms with E-state index in [2.05, 4.69) is 0 Å². The summed E-state index contributed by atoms with van der Waals surface area (Å²) in [6, 6.07) is 16.1. The van der Waals surface area contributed by atoms with E-state index in [0.717, 1.165) is 16.5 Å². The Hall–Kier alpha value is -2.94. The number of carbonyl (C=O) groups is 2. The molecule has 106 valence electrons. The Morgan fingerprint density at radius 2 is 1.27 bits per heavy atom. The van der Waals surface area contributed by atoms with Gasteiger partial charge in [-0.2, -0.15) is 0 Å². The molecule has 3 aromatic rings. The second kappa shape index (κ2) is 4.53. The SMILES string of the molecule is COc1ccc2cc3c(cc2c1)C(=O)c1ccccc1C3=O. The number of ether oxygens (including phenoxy) is 1. The lowest BCUT2D eigenvalue weighted by Crippen LogP contribution is -2.20. The van der Waals surface area contributed by atoms with Crippen molar-refractivity contribution in [1.82, 2.24) is 0 Å². The molecule has 0 N–H and O–H groups in total. The van der Waals surface area contributed by atoms with Gasteiger partial charge in [0, 0.05) is 22.3 Å². The molecule has 0 fully saturated rings. The average Bonchev–Trinajstić information content (AvgIpc) is 2.58. The molecular weight excluding hydrogens is 276 g/mol. The molecule has 0 radical (unpaired) electrons. The molecule has 3 nitrogen and oxygen atoms in total. The molecule has 4 rings (SSSR count). The van der Waals surface area contributed by atoms with Crippen molar-refractivity contribution in [2.75, 3.05) is 7.11 Å². The fourth-order valence-corrected chi connectivity index (χ4v) is 2.95. The maximum absolute atomic E-state index is 12.7. The van der Waals surface area contributed by atoms with Crippen LogP contribution in [0.5, 0.6) is 5.75 Å². The zero-order valence-electron chi connectivity index (χ0n) is 11.9. The Labute approximate surface area is 127 Å². The first kappa shape index (κ1) is 12.8. The molecule has 0 bridgehead atoms. The molecule has 3 aromatic carbocycles. The minimum atomic E-state index is -0.102. The predicted molar refractivity (Wildman–Crippen MR) is 83.8 cm³/mol. The van der Waals surface area contributed by atoms with Gasteiger partial charge in [0.1, 0.15) is 5.75 Å². The van der Waals surface area contributed by atoms with Gasteiger partial charge in [0.15, 0.2) is 11.6 Å². The number of rotatable bonds is 1. The number of ketones is 2. The van der Waals surface area contributed by atoms with Crippen LogP contribution >= 0.6 is 0 Å². The molecule has 3 heteroatoms. The number of methoxy groups -OCH3 is 1. The van der Waals surface area contributed by atoms with Crippen LogP contribution < -0.4 is 4.74 Å². The van der Waals surface area contributed by atoms with E-state index in [1.807, 2.05) is 18.2 Å². The summed E-state index contributed by atoms with van der Waals surface area (Å²) in [5, 5.41) is 1.80. The van der Waals surface area contributed by atoms with Crippen LogP contribution in [-0.2, 0) is 0 Å². The molecular formula is C19H12O3. The lowest BCUT2D eigenvalue weighted by Gasteiger charge is -2.18. The molecule has 0 unspecified atom stereocenters. The van der Waals surface area contributed by atoms with Crippen LogP contribution in [0.4, 0.5) is 0 Å². The normalized spacial score (nSPS) is 13.0. The molecule has 1 aliphatic rings. The van der Waals surface area contributed by atoms with Crippen molar-refractivity contribution in [3.8, 4) is 5.75 Å². The van der Waals surface area contributed by atoms with Crippen LogP contribution in [0.15, 0.2) is 54.6 Å². The maximum atomic E-state index is 12.7. The Morgan fingerprint density at radius 3 is 1.86 bits per heavy atom. The van der Waals surface area contributed by atoms with Crippen molar-refractivity contribution in [3.63, 3.8) is 0 Å². The number of fused-ring (bicyclic) bond motifs is 3. The van der Waals surface area contributed by atoms with E-state index in [1.54, 1.807) is 43.5 Å². The number of carbonyl (C=O) groups excluding carboxylic acids is 2. The van der Waals surface area contributed by atoms with Gasteiger partial charge in [0.25, 0.3) is 0 Å². The average molecular weight is 288 g/mol. The van der Waals surface area contributed by atoms with Crippen molar-refractivity contribution in [1.29, 1.82) is 0 Å². The molecule has 0 saturated heterocycles. The third kappa shape index (κ3) is 1.69. The molecule has 0 spiro atoms. The fourth-order valence-electron chi connectivity index (χ4n) is 2.95. The van der Waals surface area contributed by atoms with Gasteiger partial charge in [0.2, 0.25) is 0 Å². The van der Waals surface area contributed by atoms with Gasteiger partial charge in [-0.05, 0) is 35.0 Å². The predicted octanol–water partition coefficient (Wildman–Crippen LogP) is 3.62. The van der Waals surface area contributed by atoms with E-state index in [9.17, 15) is 9.59 Å². The van der Waals surface area contributed by atoms with E-state index >= 15 is 0 Å². The second-order valence-corrected chi connectivity index (χ2v) is 5.31. The molecule has 22 heavy (non-hydrogen) atoms. The first-order valence-corrected chi connectivity index (χ1v) is 6.99. The lowest BCUT2D eigenvalue weighted by molar-refractivity contribution is 0.0979. The van der Waals surface area contributed by atoms with Crippen molar-refractivity contribution in [3.05, 3.63) is 76.9 Å². The minimum absolute atomic E-state index is 0.0945. The monoisotopic (exact) mass is 288 g/mol. The summed E-state index contributed by atoms with van der Waals surface area (Å²) in [4.78, 5) is 25.3. The molecule has 0 saturated carbocycles.